The van der Waals surface area contributed by atoms with Crippen LogP contribution >= 0.6 is 0 Å². The SMILES string of the molecule is CC(C)c1ccccc1-c1ccnc(-n2c3ccccc3c3ccc(C(C)(C)c4cccc(-n5c[n+](-c6ccccc6)c6ccccc65)c4)cc32)c1. The molecule has 252 valence electrons. The van der Waals surface area contributed by atoms with Gasteiger partial charge in [-0.3, -0.25) is 4.57 Å². The summed E-state index contributed by atoms with van der Waals surface area (Å²) in [4.78, 5) is 4.98. The van der Waals surface area contributed by atoms with Crippen molar-refractivity contribution in [3.8, 4) is 28.3 Å². The van der Waals surface area contributed by atoms with Gasteiger partial charge < -0.3 is 0 Å². The number of benzene rings is 6. The third kappa shape index (κ3) is 5.22. The molecule has 9 aromatic rings. The summed E-state index contributed by atoms with van der Waals surface area (Å²) in [5.74, 6) is 1.34. The van der Waals surface area contributed by atoms with Gasteiger partial charge in [0, 0.05) is 22.4 Å². The van der Waals surface area contributed by atoms with Crippen LogP contribution in [0.5, 0.6) is 0 Å². The predicted octanol–water partition coefficient (Wildman–Crippen LogP) is 11.5. The van der Waals surface area contributed by atoms with Crippen LogP contribution in [-0.4, -0.2) is 14.1 Å². The number of nitrogens with zero attached hydrogens (tertiary/aromatic N) is 4. The van der Waals surface area contributed by atoms with Gasteiger partial charge in [0.15, 0.2) is 11.0 Å². The van der Waals surface area contributed by atoms with E-state index in [1.807, 2.05) is 6.20 Å². The average Bonchev–Trinajstić information content (AvgIpc) is 3.74. The molecule has 0 radical (unpaired) electrons. The Kier molecular flexibility index (Phi) is 7.62. The minimum atomic E-state index is -0.282. The highest BCUT2D eigenvalue weighted by molar-refractivity contribution is 6.09. The number of pyridine rings is 1. The van der Waals surface area contributed by atoms with E-state index in [2.05, 4.69) is 205 Å². The molecule has 0 aliphatic rings. The molecule has 0 spiro atoms. The molecule has 0 aliphatic carbocycles. The zero-order valence-electron chi connectivity index (χ0n) is 30.0. The molecule has 0 atom stereocenters. The van der Waals surface area contributed by atoms with Gasteiger partial charge in [-0.1, -0.05) is 125 Å². The van der Waals surface area contributed by atoms with Crippen molar-refractivity contribution in [3.63, 3.8) is 0 Å². The molecular weight excluding hydrogens is 633 g/mol. The fourth-order valence-corrected chi connectivity index (χ4v) is 7.90. The van der Waals surface area contributed by atoms with Crippen LogP contribution in [0.4, 0.5) is 0 Å². The van der Waals surface area contributed by atoms with Crippen LogP contribution in [0.1, 0.15) is 50.3 Å². The van der Waals surface area contributed by atoms with Gasteiger partial charge in [0.05, 0.1) is 11.0 Å². The smallest absolute Gasteiger partial charge is 0.255 e. The summed E-state index contributed by atoms with van der Waals surface area (Å²) in [5, 5.41) is 2.45. The van der Waals surface area contributed by atoms with E-state index in [0.717, 1.165) is 33.7 Å². The molecule has 0 N–H and O–H groups in total. The molecule has 0 fully saturated rings. The summed E-state index contributed by atoms with van der Waals surface area (Å²) in [6, 6.07) is 57.0. The Bertz CT molecular complexity index is 2750. The maximum absolute atomic E-state index is 4.98. The Hall–Kier alpha value is -6.26. The summed E-state index contributed by atoms with van der Waals surface area (Å²) in [6.45, 7) is 9.18. The zero-order chi connectivity index (χ0) is 35.4. The lowest BCUT2D eigenvalue weighted by Crippen LogP contribution is -2.28. The van der Waals surface area contributed by atoms with Crippen molar-refractivity contribution in [3.05, 3.63) is 187 Å². The highest BCUT2D eigenvalue weighted by atomic mass is 15.1. The quantitative estimate of drug-likeness (QED) is 0.155. The molecule has 52 heavy (non-hydrogen) atoms. The van der Waals surface area contributed by atoms with Gasteiger partial charge in [0.25, 0.3) is 6.33 Å². The molecule has 4 heteroatoms. The summed E-state index contributed by atoms with van der Waals surface area (Å²) in [5.41, 5.74) is 12.9. The summed E-state index contributed by atoms with van der Waals surface area (Å²) >= 11 is 0. The Morgan fingerprint density at radius 1 is 0.596 bits per heavy atom. The summed E-state index contributed by atoms with van der Waals surface area (Å²) in [7, 11) is 0. The van der Waals surface area contributed by atoms with Crippen molar-refractivity contribution in [1.82, 2.24) is 14.1 Å². The molecular formula is C48H41N4+. The molecule has 3 aromatic heterocycles. The van der Waals surface area contributed by atoms with E-state index < -0.39 is 0 Å². The number of imidazole rings is 1. The fraction of sp³-hybridized carbons (Fsp3) is 0.125. The van der Waals surface area contributed by atoms with Crippen LogP contribution in [0.15, 0.2) is 170 Å². The number of aromatic nitrogens is 4. The first-order chi connectivity index (χ1) is 25.4. The standard InChI is InChI=1S/C48H41N4/c1-33(2)39-19-8-9-20-40(39)34-27-28-49-47(29-34)52-43-22-11-10-21-41(43)42-26-25-36(31-46(42)52)48(3,4)35-15-14-18-38(30-35)51-32-50(37-16-6-5-7-17-37)44-23-12-13-24-45(44)51/h5-33H,1-4H3/q+1. The van der Waals surface area contributed by atoms with Crippen molar-refractivity contribution < 1.29 is 4.57 Å². The summed E-state index contributed by atoms with van der Waals surface area (Å²) in [6.07, 6.45) is 4.16. The van der Waals surface area contributed by atoms with E-state index in [-0.39, 0.29) is 5.41 Å². The number of rotatable bonds is 7. The van der Waals surface area contributed by atoms with Gasteiger partial charge in [-0.05, 0) is 94.4 Å². The first-order valence-electron chi connectivity index (χ1n) is 18.2. The van der Waals surface area contributed by atoms with Crippen LogP contribution in [-0.2, 0) is 5.41 Å². The van der Waals surface area contributed by atoms with Gasteiger partial charge in [-0.2, -0.15) is 9.13 Å². The van der Waals surface area contributed by atoms with Gasteiger partial charge in [0.1, 0.15) is 17.2 Å². The van der Waals surface area contributed by atoms with E-state index in [1.54, 1.807) is 0 Å². The van der Waals surface area contributed by atoms with Gasteiger partial charge in [0.2, 0.25) is 0 Å². The number of fused-ring (bicyclic) bond motifs is 4. The van der Waals surface area contributed by atoms with Crippen molar-refractivity contribution in [2.75, 3.05) is 0 Å². The van der Waals surface area contributed by atoms with Crippen LogP contribution in [0.3, 0.4) is 0 Å². The summed E-state index contributed by atoms with van der Waals surface area (Å²) < 4.78 is 6.92. The third-order valence-corrected chi connectivity index (χ3v) is 10.8. The molecule has 0 saturated carbocycles. The molecule has 0 amide bonds. The van der Waals surface area contributed by atoms with Gasteiger partial charge in [-0.15, -0.1) is 0 Å². The molecule has 0 aliphatic heterocycles. The zero-order valence-corrected chi connectivity index (χ0v) is 30.0. The van der Waals surface area contributed by atoms with Crippen LogP contribution in [0.2, 0.25) is 0 Å². The Labute approximate surface area is 304 Å². The maximum Gasteiger partial charge on any atom is 0.255 e. The van der Waals surface area contributed by atoms with Gasteiger partial charge >= 0.3 is 0 Å². The highest BCUT2D eigenvalue weighted by Crippen LogP contribution is 2.39. The van der Waals surface area contributed by atoms with E-state index >= 15 is 0 Å². The number of para-hydroxylation sites is 4. The Balaban J connectivity index is 1.17. The second-order valence-electron chi connectivity index (χ2n) is 14.6. The Morgan fingerprint density at radius 3 is 2.15 bits per heavy atom. The van der Waals surface area contributed by atoms with Gasteiger partial charge in [-0.25, -0.2) is 4.98 Å². The molecule has 0 bridgehead atoms. The van der Waals surface area contributed by atoms with E-state index in [9.17, 15) is 0 Å². The number of hydrogen-bond donors (Lipinski definition) is 0. The number of hydrogen-bond acceptors (Lipinski definition) is 1. The van der Waals surface area contributed by atoms with E-state index in [0.29, 0.717) is 5.92 Å². The predicted molar refractivity (Wildman–Crippen MR) is 215 cm³/mol. The van der Waals surface area contributed by atoms with Crippen LogP contribution in [0, 0.1) is 0 Å². The normalized spacial score (nSPS) is 12.0. The highest BCUT2D eigenvalue weighted by Gasteiger charge is 2.27. The first-order valence-corrected chi connectivity index (χ1v) is 18.2. The van der Waals surface area contributed by atoms with Crippen LogP contribution < -0.4 is 4.57 Å². The molecule has 0 saturated heterocycles. The van der Waals surface area contributed by atoms with E-state index in [1.165, 1.54) is 44.1 Å². The average molecular weight is 674 g/mol. The monoisotopic (exact) mass is 673 g/mol. The van der Waals surface area contributed by atoms with Crippen molar-refractivity contribution in [1.29, 1.82) is 0 Å². The minimum Gasteiger partial charge on any atom is -0.294 e. The first kappa shape index (κ1) is 31.7. The largest absolute Gasteiger partial charge is 0.294 e. The van der Waals surface area contributed by atoms with E-state index in [4.69, 9.17) is 4.98 Å². The van der Waals surface area contributed by atoms with Crippen molar-refractivity contribution >= 4 is 32.8 Å². The van der Waals surface area contributed by atoms with Crippen LogP contribution in [0.25, 0.3) is 61.2 Å². The molecule has 0 unspecified atom stereocenters. The topological polar surface area (TPSA) is 26.6 Å². The minimum absolute atomic E-state index is 0.282. The molecule has 9 rings (SSSR count). The Morgan fingerprint density at radius 2 is 1.31 bits per heavy atom. The lowest BCUT2D eigenvalue weighted by atomic mass is 9.77. The maximum atomic E-state index is 4.98. The molecule has 3 heterocycles. The lowest BCUT2D eigenvalue weighted by molar-refractivity contribution is -0.567. The molecule has 6 aromatic carbocycles. The fourth-order valence-electron chi connectivity index (χ4n) is 7.90. The second kappa shape index (κ2) is 12.5. The van der Waals surface area contributed by atoms with Crippen molar-refractivity contribution in [2.45, 2.75) is 39.0 Å². The lowest BCUT2D eigenvalue weighted by Gasteiger charge is -2.26. The second-order valence-corrected chi connectivity index (χ2v) is 14.6. The van der Waals surface area contributed by atoms with Crippen molar-refractivity contribution in [2.24, 2.45) is 0 Å². The molecule has 4 nitrogen and oxygen atoms in total. The third-order valence-electron chi connectivity index (χ3n) is 10.8.